The summed E-state index contributed by atoms with van der Waals surface area (Å²) < 4.78 is 26.1. The summed E-state index contributed by atoms with van der Waals surface area (Å²) in [5.41, 5.74) is 6.61. The lowest BCUT2D eigenvalue weighted by Gasteiger charge is -2.13. The molecular formula is C10H15ClN2O3S. The monoisotopic (exact) mass is 278 g/mol. The van der Waals surface area contributed by atoms with E-state index in [0.29, 0.717) is 16.3 Å². The highest BCUT2D eigenvalue weighted by molar-refractivity contribution is 7.89. The maximum absolute atomic E-state index is 11.9. The van der Waals surface area contributed by atoms with Crippen LogP contribution in [0.1, 0.15) is 12.5 Å². The van der Waals surface area contributed by atoms with E-state index >= 15 is 0 Å². The Morgan fingerprint density at radius 2 is 2.12 bits per heavy atom. The summed E-state index contributed by atoms with van der Waals surface area (Å²) in [7, 11) is -3.71. The van der Waals surface area contributed by atoms with E-state index in [1.54, 1.807) is 13.8 Å². The van der Waals surface area contributed by atoms with Gasteiger partial charge in [-0.15, -0.1) is 0 Å². The first-order valence-corrected chi connectivity index (χ1v) is 6.83. The lowest BCUT2D eigenvalue weighted by Crippen LogP contribution is -2.35. The number of nitrogens with two attached hydrogens (primary N) is 1. The van der Waals surface area contributed by atoms with Crippen molar-refractivity contribution in [3.05, 3.63) is 22.7 Å². The van der Waals surface area contributed by atoms with Crippen molar-refractivity contribution < 1.29 is 13.5 Å². The van der Waals surface area contributed by atoms with Crippen LogP contribution >= 0.6 is 11.6 Å². The number of sulfonamides is 1. The van der Waals surface area contributed by atoms with Gasteiger partial charge in [0.05, 0.1) is 11.5 Å². The van der Waals surface area contributed by atoms with Gasteiger partial charge in [-0.05, 0) is 31.5 Å². The van der Waals surface area contributed by atoms with Gasteiger partial charge in [0.25, 0.3) is 0 Å². The van der Waals surface area contributed by atoms with Gasteiger partial charge < -0.3 is 10.8 Å². The number of aliphatic hydroxyl groups excluding tert-OH is 1. The molecule has 0 amide bonds. The van der Waals surface area contributed by atoms with E-state index in [-0.39, 0.29) is 11.5 Å². The van der Waals surface area contributed by atoms with Crippen LogP contribution in [-0.2, 0) is 10.0 Å². The standard InChI is InChI=1S/C10H15ClN2O3S/c1-6(5-14)13-17(15,16)8-3-9(11)7(2)10(12)4-8/h3-4,6,13-14H,5,12H2,1-2H3/t6-/m1/s1. The van der Waals surface area contributed by atoms with Crippen LogP contribution in [-0.4, -0.2) is 26.2 Å². The third-order valence-corrected chi connectivity index (χ3v) is 4.26. The Balaban J connectivity index is 3.16. The minimum atomic E-state index is -3.71. The number of anilines is 1. The maximum atomic E-state index is 11.9. The third kappa shape index (κ3) is 3.32. The minimum Gasteiger partial charge on any atom is -0.398 e. The summed E-state index contributed by atoms with van der Waals surface area (Å²) in [4.78, 5) is -0.00843. The van der Waals surface area contributed by atoms with Crippen molar-refractivity contribution in [2.75, 3.05) is 12.3 Å². The summed E-state index contributed by atoms with van der Waals surface area (Å²) in [6.07, 6.45) is 0. The zero-order valence-corrected chi connectivity index (χ0v) is 11.1. The van der Waals surface area contributed by atoms with E-state index in [9.17, 15) is 8.42 Å². The summed E-state index contributed by atoms with van der Waals surface area (Å²) in [5.74, 6) is 0. The van der Waals surface area contributed by atoms with E-state index in [2.05, 4.69) is 4.72 Å². The molecule has 1 aromatic carbocycles. The molecule has 0 radical (unpaired) electrons. The van der Waals surface area contributed by atoms with Gasteiger partial charge in [-0.3, -0.25) is 0 Å². The lowest BCUT2D eigenvalue weighted by atomic mass is 10.2. The van der Waals surface area contributed by atoms with Gasteiger partial charge in [0.2, 0.25) is 10.0 Å². The predicted octanol–water partition coefficient (Wildman–Crippen LogP) is 0.890. The van der Waals surface area contributed by atoms with Crippen molar-refractivity contribution in [3.8, 4) is 0 Å². The average molecular weight is 279 g/mol. The third-order valence-electron chi connectivity index (χ3n) is 2.30. The highest BCUT2D eigenvalue weighted by Gasteiger charge is 2.18. The first kappa shape index (κ1) is 14.2. The van der Waals surface area contributed by atoms with Gasteiger partial charge in [-0.1, -0.05) is 11.6 Å². The quantitative estimate of drug-likeness (QED) is 0.713. The normalized spacial score (nSPS) is 13.6. The summed E-state index contributed by atoms with van der Waals surface area (Å²) in [5, 5.41) is 9.11. The Labute approximate surface area is 106 Å². The summed E-state index contributed by atoms with van der Waals surface area (Å²) in [6.45, 7) is 2.98. The lowest BCUT2D eigenvalue weighted by molar-refractivity contribution is 0.265. The second kappa shape index (κ2) is 5.22. The molecular weight excluding hydrogens is 264 g/mol. The molecule has 0 heterocycles. The van der Waals surface area contributed by atoms with Crippen LogP contribution in [0.25, 0.3) is 0 Å². The molecule has 1 atom stereocenters. The molecule has 0 saturated carbocycles. The van der Waals surface area contributed by atoms with Crippen molar-refractivity contribution in [1.82, 2.24) is 4.72 Å². The van der Waals surface area contributed by atoms with Gasteiger partial charge in [-0.2, -0.15) is 0 Å². The Hall–Kier alpha value is -0.820. The van der Waals surface area contributed by atoms with Crippen molar-refractivity contribution >= 4 is 27.3 Å². The summed E-state index contributed by atoms with van der Waals surface area (Å²) in [6, 6.07) is 2.11. The van der Waals surface area contributed by atoms with Crippen LogP contribution in [0.5, 0.6) is 0 Å². The Kier molecular flexibility index (Phi) is 4.37. The molecule has 0 aliphatic carbocycles. The largest absolute Gasteiger partial charge is 0.398 e. The van der Waals surface area contributed by atoms with Crippen molar-refractivity contribution in [2.24, 2.45) is 0 Å². The van der Waals surface area contributed by atoms with Gasteiger partial charge in [0, 0.05) is 16.8 Å². The topological polar surface area (TPSA) is 92.4 Å². The Bertz CT molecular complexity index is 493. The number of nitrogens with one attached hydrogen (secondary N) is 1. The zero-order chi connectivity index (χ0) is 13.2. The van der Waals surface area contributed by atoms with E-state index in [0.717, 1.165) is 0 Å². The van der Waals surface area contributed by atoms with Crippen molar-refractivity contribution in [1.29, 1.82) is 0 Å². The first-order valence-electron chi connectivity index (χ1n) is 4.96. The number of aliphatic hydroxyl groups is 1. The molecule has 0 aromatic heterocycles. The van der Waals surface area contributed by atoms with E-state index in [1.807, 2.05) is 0 Å². The molecule has 4 N–H and O–H groups in total. The molecule has 5 nitrogen and oxygen atoms in total. The van der Waals surface area contributed by atoms with E-state index < -0.39 is 16.1 Å². The fraction of sp³-hybridized carbons (Fsp3) is 0.400. The van der Waals surface area contributed by atoms with Gasteiger partial charge in [0.1, 0.15) is 0 Å². The number of rotatable bonds is 4. The maximum Gasteiger partial charge on any atom is 0.241 e. The summed E-state index contributed by atoms with van der Waals surface area (Å²) >= 11 is 5.87. The molecule has 0 aliphatic heterocycles. The average Bonchev–Trinajstić information content (AvgIpc) is 2.24. The second-order valence-corrected chi connectivity index (χ2v) is 5.95. The van der Waals surface area contributed by atoms with Crippen molar-refractivity contribution in [2.45, 2.75) is 24.8 Å². The van der Waals surface area contributed by atoms with Gasteiger partial charge in [0.15, 0.2) is 0 Å². The molecule has 7 heteroatoms. The first-order chi connectivity index (χ1) is 7.77. The van der Waals surface area contributed by atoms with Crippen LogP contribution in [0.2, 0.25) is 5.02 Å². The number of hydrogen-bond acceptors (Lipinski definition) is 4. The number of nitrogen functional groups attached to an aromatic ring is 1. The Morgan fingerprint density at radius 1 is 1.53 bits per heavy atom. The van der Waals surface area contributed by atoms with Crippen molar-refractivity contribution in [3.63, 3.8) is 0 Å². The highest BCUT2D eigenvalue weighted by atomic mass is 35.5. The van der Waals surface area contributed by atoms with Crippen LogP contribution < -0.4 is 10.5 Å². The van der Waals surface area contributed by atoms with Crippen LogP contribution in [0.3, 0.4) is 0 Å². The highest BCUT2D eigenvalue weighted by Crippen LogP contribution is 2.25. The molecule has 1 rings (SSSR count). The van der Waals surface area contributed by atoms with Gasteiger partial charge in [-0.25, -0.2) is 13.1 Å². The SMILES string of the molecule is Cc1c(N)cc(S(=O)(=O)N[C@H](C)CO)cc1Cl. The molecule has 1 aromatic rings. The predicted molar refractivity (Wildman–Crippen MR) is 67.5 cm³/mol. The van der Waals surface area contributed by atoms with E-state index in [1.165, 1.54) is 12.1 Å². The molecule has 0 bridgehead atoms. The minimum absolute atomic E-state index is 0.00843. The molecule has 96 valence electrons. The van der Waals surface area contributed by atoms with E-state index in [4.69, 9.17) is 22.4 Å². The molecule has 0 aliphatic rings. The van der Waals surface area contributed by atoms with Crippen LogP contribution in [0, 0.1) is 6.92 Å². The molecule has 0 fully saturated rings. The Morgan fingerprint density at radius 3 is 2.59 bits per heavy atom. The molecule has 0 saturated heterocycles. The number of hydrogen-bond donors (Lipinski definition) is 3. The van der Waals surface area contributed by atoms with Crippen LogP contribution in [0.4, 0.5) is 5.69 Å². The molecule has 0 spiro atoms. The zero-order valence-electron chi connectivity index (χ0n) is 9.57. The molecule has 0 unspecified atom stereocenters. The fourth-order valence-corrected chi connectivity index (χ4v) is 2.79. The smallest absolute Gasteiger partial charge is 0.241 e. The van der Waals surface area contributed by atoms with Crippen LogP contribution in [0.15, 0.2) is 17.0 Å². The van der Waals surface area contributed by atoms with Gasteiger partial charge >= 0.3 is 0 Å². The second-order valence-electron chi connectivity index (χ2n) is 3.82. The fourth-order valence-electron chi connectivity index (χ4n) is 1.20. The molecule has 17 heavy (non-hydrogen) atoms. The number of benzene rings is 1. The number of halogens is 1.